The van der Waals surface area contributed by atoms with Crippen LogP contribution in [-0.4, -0.2) is 38.8 Å². The zero-order chi connectivity index (χ0) is 22.1. The number of hydrogen-bond donors (Lipinski definition) is 0. The molecule has 1 fully saturated rings. The molecule has 162 valence electrons. The molecule has 32 heavy (non-hydrogen) atoms. The number of likely N-dealkylation sites (tertiary alicyclic amines) is 1. The van der Waals surface area contributed by atoms with Crippen molar-refractivity contribution in [3.8, 4) is 21.0 Å². The minimum Gasteiger partial charge on any atom is -0.337 e. The summed E-state index contributed by atoms with van der Waals surface area (Å²) in [6.07, 6.45) is 3.89. The molecule has 5 nitrogen and oxygen atoms in total. The molecule has 1 saturated heterocycles. The predicted octanol–water partition coefficient (Wildman–Crippen LogP) is 5.97. The number of amides is 1. The van der Waals surface area contributed by atoms with Crippen molar-refractivity contribution in [3.05, 3.63) is 76.1 Å². The lowest BCUT2D eigenvalue weighted by Gasteiger charge is -2.33. The van der Waals surface area contributed by atoms with E-state index in [1.54, 1.807) is 11.3 Å². The van der Waals surface area contributed by atoms with Gasteiger partial charge in [-0.1, -0.05) is 35.9 Å². The molecule has 5 rings (SSSR count). The van der Waals surface area contributed by atoms with Gasteiger partial charge in [-0.25, -0.2) is 15.0 Å². The Kier molecular flexibility index (Phi) is 5.85. The lowest BCUT2D eigenvalue weighted by molar-refractivity contribution is 0.0701. The van der Waals surface area contributed by atoms with E-state index in [1.807, 2.05) is 40.9 Å². The van der Waals surface area contributed by atoms with E-state index in [0.717, 1.165) is 51.9 Å². The molecule has 0 N–H and O–H groups in total. The molecule has 3 aromatic heterocycles. The highest BCUT2D eigenvalue weighted by atomic mass is 32.1. The number of hydrogen-bond acceptors (Lipinski definition) is 6. The maximum Gasteiger partial charge on any atom is 0.273 e. The number of carbonyl (C=O) groups is 1. The summed E-state index contributed by atoms with van der Waals surface area (Å²) < 4.78 is 0. The topological polar surface area (TPSA) is 59.0 Å². The first-order valence-electron chi connectivity index (χ1n) is 10.8. The molecule has 0 aliphatic carbocycles. The lowest BCUT2D eigenvalue weighted by Crippen LogP contribution is -2.39. The summed E-state index contributed by atoms with van der Waals surface area (Å²) in [5.41, 5.74) is 4.98. The van der Waals surface area contributed by atoms with E-state index in [1.165, 1.54) is 16.9 Å². The Morgan fingerprint density at radius 1 is 1.12 bits per heavy atom. The van der Waals surface area contributed by atoms with Gasteiger partial charge in [0, 0.05) is 36.1 Å². The summed E-state index contributed by atoms with van der Waals surface area (Å²) in [7, 11) is 0. The molecular weight excluding hydrogens is 436 g/mol. The molecule has 1 aliphatic rings. The maximum absolute atomic E-state index is 13.3. The normalized spacial score (nSPS) is 16.3. The van der Waals surface area contributed by atoms with Gasteiger partial charge in [-0.15, -0.1) is 22.7 Å². The van der Waals surface area contributed by atoms with E-state index >= 15 is 0 Å². The Labute approximate surface area is 195 Å². The first-order valence-corrected chi connectivity index (χ1v) is 12.5. The maximum atomic E-state index is 13.3. The Hall–Kier alpha value is -2.90. The number of benzene rings is 1. The van der Waals surface area contributed by atoms with Crippen LogP contribution in [-0.2, 0) is 0 Å². The van der Waals surface area contributed by atoms with Crippen molar-refractivity contribution < 1.29 is 4.79 Å². The van der Waals surface area contributed by atoms with Crippen LogP contribution in [0.4, 0.5) is 0 Å². The Morgan fingerprint density at radius 2 is 2.03 bits per heavy atom. The quantitative estimate of drug-likeness (QED) is 0.377. The summed E-state index contributed by atoms with van der Waals surface area (Å²) in [4.78, 5) is 30.3. The fraction of sp³-hybridized carbons (Fsp3) is 0.280. The summed E-state index contributed by atoms with van der Waals surface area (Å²) in [6.45, 7) is 5.43. The molecule has 1 aromatic carbocycles. The van der Waals surface area contributed by atoms with Gasteiger partial charge < -0.3 is 4.90 Å². The highest BCUT2D eigenvalue weighted by Crippen LogP contribution is 2.34. The molecule has 4 aromatic rings. The molecule has 0 spiro atoms. The van der Waals surface area contributed by atoms with Crippen molar-refractivity contribution in [2.24, 2.45) is 0 Å². The van der Waals surface area contributed by atoms with Gasteiger partial charge in [0.1, 0.15) is 16.5 Å². The van der Waals surface area contributed by atoms with Gasteiger partial charge in [0.25, 0.3) is 5.91 Å². The van der Waals surface area contributed by atoms with Gasteiger partial charge in [0.05, 0.1) is 10.6 Å². The fourth-order valence-electron chi connectivity index (χ4n) is 4.27. The third-order valence-corrected chi connectivity index (χ3v) is 7.70. The predicted molar refractivity (Wildman–Crippen MR) is 130 cm³/mol. The number of rotatable bonds is 4. The van der Waals surface area contributed by atoms with Crippen molar-refractivity contribution in [3.63, 3.8) is 0 Å². The van der Waals surface area contributed by atoms with Crippen LogP contribution in [0.15, 0.2) is 53.4 Å². The molecule has 0 unspecified atom stereocenters. The number of carbonyl (C=O) groups excluding carboxylic acids is 1. The number of piperidine rings is 1. The van der Waals surface area contributed by atoms with Crippen molar-refractivity contribution in [2.75, 3.05) is 13.1 Å². The first kappa shape index (κ1) is 21.0. The molecule has 1 aliphatic heterocycles. The van der Waals surface area contributed by atoms with Crippen LogP contribution in [0.5, 0.6) is 0 Å². The first-order chi connectivity index (χ1) is 15.6. The second-order valence-electron chi connectivity index (χ2n) is 8.19. The Bertz CT molecular complexity index is 1250. The molecule has 7 heteroatoms. The molecule has 1 atom stereocenters. The van der Waals surface area contributed by atoms with Gasteiger partial charge in [-0.05, 0) is 43.7 Å². The third kappa shape index (κ3) is 4.23. The van der Waals surface area contributed by atoms with Crippen LogP contribution in [0, 0.1) is 13.8 Å². The van der Waals surface area contributed by atoms with Crippen molar-refractivity contribution >= 4 is 28.6 Å². The van der Waals surface area contributed by atoms with E-state index in [-0.39, 0.29) is 11.8 Å². The number of thiazole rings is 1. The number of thiophene rings is 1. The lowest BCUT2D eigenvalue weighted by atomic mass is 9.89. The second-order valence-corrected chi connectivity index (χ2v) is 10.00. The van der Waals surface area contributed by atoms with Gasteiger partial charge in [-0.2, -0.15) is 0 Å². The zero-order valence-corrected chi connectivity index (χ0v) is 19.7. The van der Waals surface area contributed by atoms with Crippen molar-refractivity contribution in [1.29, 1.82) is 0 Å². The van der Waals surface area contributed by atoms with Gasteiger partial charge in [-0.3, -0.25) is 4.79 Å². The molecule has 0 saturated carbocycles. The SMILES string of the molecule is Cc1cccc(-c2cnc(C)nc2[C@@H]2CCCN(C(=O)c3csc(-c4cccs4)n3)C2)c1. The van der Waals surface area contributed by atoms with Crippen LogP contribution in [0.2, 0.25) is 0 Å². The molecule has 0 bridgehead atoms. The van der Waals surface area contributed by atoms with E-state index in [0.29, 0.717) is 12.2 Å². The van der Waals surface area contributed by atoms with E-state index in [2.05, 4.69) is 41.2 Å². The summed E-state index contributed by atoms with van der Waals surface area (Å²) >= 11 is 3.18. The van der Waals surface area contributed by atoms with Gasteiger partial charge in [0.15, 0.2) is 0 Å². The summed E-state index contributed by atoms with van der Waals surface area (Å²) in [6, 6.07) is 12.5. The Morgan fingerprint density at radius 3 is 2.84 bits per heavy atom. The largest absolute Gasteiger partial charge is 0.337 e. The van der Waals surface area contributed by atoms with Crippen LogP contribution in [0.1, 0.15) is 46.3 Å². The molecule has 0 radical (unpaired) electrons. The minimum atomic E-state index is 0.0108. The van der Waals surface area contributed by atoms with Crippen LogP contribution in [0.25, 0.3) is 21.0 Å². The standard InChI is InChI=1S/C25H24N4OS2/c1-16-6-3-7-18(12-16)20-13-26-17(2)27-23(20)19-8-4-10-29(14-19)25(30)21-15-32-24(28-21)22-9-5-11-31-22/h3,5-7,9,11-13,15,19H,4,8,10,14H2,1-2H3/t19-/m1/s1. The average Bonchev–Trinajstić information content (AvgIpc) is 3.51. The zero-order valence-electron chi connectivity index (χ0n) is 18.1. The highest BCUT2D eigenvalue weighted by Gasteiger charge is 2.29. The minimum absolute atomic E-state index is 0.0108. The highest BCUT2D eigenvalue weighted by molar-refractivity contribution is 7.20. The number of aryl methyl sites for hydroxylation is 2. The number of nitrogens with zero attached hydrogens (tertiary/aromatic N) is 4. The van der Waals surface area contributed by atoms with Gasteiger partial charge in [0.2, 0.25) is 0 Å². The van der Waals surface area contributed by atoms with E-state index < -0.39 is 0 Å². The fourth-order valence-corrected chi connectivity index (χ4v) is 5.87. The van der Waals surface area contributed by atoms with Crippen LogP contribution < -0.4 is 0 Å². The second kappa shape index (κ2) is 8.92. The monoisotopic (exact) mass is 460 g/mol. The van der Waals surface area contributed by atoms with Crippen molar-refractivity contribution in [2.45, 2.75) is 32.6 Å². The molecular formula is C25H24N4OS2. The van der Waals surface area contributed by atoms with Crippen LogP contribution >= 0.6 is 22.7 Å². The summed E-state index contributed by atoms with van der Waals surface area (Å²) in [5.74, 6) is 0.955. The summed E-state index contributed by atoms with van der Waals surface area (Å²) in [5, 5.41) is 4.82. The van der Waals surface area contributed by atoms with Crippen LogP contribution in [0.3, 0.4) is 0 Å². The average molecular weight is 461 g/mol. The smallest absolute Gasteiger partial charge is 0.273 e. The van der Waals surface area contributed by atoms with Gasteiger partial charge >= 0.3 is 0 Å². The molecule has 4 heterocycles. The van der Waals surface area contributed by atoms with Crippen molar-refractivity contribution in [1.82, 2.24) is 19.9 Å². The molecule has 1 amide bonds. The third-order valence-electron chi connectivity index (χ3n) is 5.82. The van der Waals surface area contributed by atoms with E-state index in [4.69, 9.17) is 4.98 Å². The number of aromatic nitrogens is 3. The Balaban J connectivity index is 1.41. The van der Waals surface area contributed by atoms with E-state index in [9.17, 15) is 4.79 Å².